The minimum atomic E-state index is 0.473. The fraction of sp³-hybridized carbons (Fsp3) is 0.200. The molecule has 3 heteroatoms. The van der Waals surface area contributed by atoms with Crippen LogP contribution in [0, 0.1) is 4.91 Å². The topological polar surface area (TPSA) is 32.7 Å². The Balaban J connectivity index is 2.93. The molecule has 1 aromatic rings. The van der Waals surface area contributed by atoms with E-state index in [-0.39, 0.29) is 0 Å². The summed E-state index contributed by atoms with van der Waals surface area (Å²) >= 11 is 0. The predicted octanol–water partition coefficient (Wildman–Crippen LogP) is 2.62. The highest BCUT2D eigenvalue weighted by Gasteiger charge is 1.96. The van der Waals surface area contributed by atoms with Gasteiger partial charge in [-0.2, -0.15) is 0 Å². The Kier molecular flexibility index (Phi) is 3.20. The molecule has 0 radical (unpaired) electrons. The third-order valence-electron chi connectivity index (χ3n) is 1.59. The van der Waals surface area contributed by atoms with Gasteiger partial charge in [-0.15, -0.1) is 4.91 Å². The van der Waals surface area contributed by atoms with E-state index in [1.807, 2.05) is 43.4 Å². The molecule has 3 nitrogen and oxygen atoms in total. The number of hydrogen-bond acceptors (Lipinski definition) is 3. The van der Waals surface area contributed by atoms with Gasteiger partial charge in [0.15, 0.2) is 0 Å². The van der Waals surface area contributed by atoms with Crippen LogP contribution in [0.1, 0.15) is 5.56 Å². The lowest BCUT2D eigenvalue weighted by Crippen LogP contribution is -1.99. The molecule has 0 amide bonds. The van der Waals surface area contributed by atoms with Crippen molar-refractivity contribution in [2.45, 2.75) is 0 Å². The Morgan fingerprint density at radius 1 is 1.31 bits per heavy atom. The first-order valence-electron chi connectivity index (χ1n) is 4.01. The van der Waals surface area contributed by atoms with Gasteiger partial charge in [-0.3, -0.25) is 0 Å². The number of benzene rings is 1. The minimum Gasteiger partial charge on any atom is -0.383 e. The van der Waals surface area contributed by atoms with Gasteiger partial charge >= 0.3 is 0 Å². The number of rotatable bonds is 3. The maximum absolute atomic E-state index is 10.4. The van der Waals surface area contributed by atoms with Crippen LogP contribution in [0.4, 0.5) is 5.69 Å². The lowest BCUT2D eigenvalue weighted by atomic mass is 10.2. The average molecular weight is 176 g/mol. The molecular weight excluding hydrogens is 164 g/mol. The molecule has 0 aromatic heterocycles. The zero-order chi connectivity index (χ0) is 9.68. The second-order valence-corrected chi connectivity index (χ2v) is 2.93. The summed E-state index contributed by atoms with van der Waals surface area (Å²) in [6.45, 7) is 0. The standard InChI is InChI=1S/C10H12N2O/c1-12(2)8-7-9-5-3-4-6-10(9)11-13/h3-8H,1-2H3. The molecule has 1 rings (SSSR count). The van der Waals surface area contributed by atoms with Crippen molar-refractivity contribution in [3.63, 3.8) is 0 Å². The summed E-state index contributed by atoms with van der Waals surface area (Å²) in [4.78, 5) is 12.3. The van der Waals surface area contributed by atoms with Crippen LogP contribution in [0.25, 0.3) is 6.08 Å². The lowest BCUT2D eigenvalue weighted by molar-refractivity contribution is 0.567. The van der Waals surface area contributed by atoms with Crippen molar-refractivity contribution in [2.24, 2.45) is 5.18 Å². The van der Waals surface area contributed by atoms with E-state index in [1.54, 1.807) is 12.1 Å². The van der Waals surface area contributed by atoms with Crippen LogP contribution in [-0.4, -0.2) is 19.0 Å². The molecule has 0 bridgehead atoms. The monoisotopic (exact) mass is 176 g/mol. The molecule has 0 aliphatic rings. The van der Waals surface area contributed by atoms with Crippen molar-refractivity contribution in [1.82, 2.24) is 4.90 Å². The predicted molar refractivity (Wildman–Crippen MR) is 54.6 cm³/mol. The number of nitrogens with zero attached hydrogens (tertiary/aromatic N) is 2. The molecule has 0 aliphatic carbocycles. The van der Waals surface area contributed by atoms with Crippen molar-refractivity contribution in [3.8, 4) is 0 Å². The second kappa shape index (κ2) is 4.40. The molecule has 13 heavy (non-hydrogen) atoms. The summed E-state index contributed by atoms with van der Waals surface area (Å²) in [5.74, 6) is 0. The number of hydrogen-bond donors (Lipinski definition) is 0. The molecule has 1 aromatic carbocycles. The lowest BCUT2D eigenvalue weighted by Gasteiger charge is -2.03. The molecule has 0 N–H and O–H groups in total. The highest BCUT2D eigenvalue weighted by atomic mass is 16.3. The summed E-state index contributed by atoms with van der Waals surface area (Å²) < 4.78 is 0. The van der Waals surface area contributed by atoms with E-state index in [0.717, 1.165) is 5.56 Å². The average Bonchev–Trinajstić information content (AvgIpc) is 2.15. The third kappa shape index (κ3) is 2.71. The molecule has 0 saturated carbocycles. The van der Waals surface area contributed by atoms with Gasteiger partial charge in [0.1, 0.15) is 5.69 Å². The third-order valence-corrected chi connectivity index (χ3v) is 1.59. The largest absolute Gasteiger partial charge is 0.383 e. The van der Waals surface area contributed by atoms with Crippen LogP contribution in [0.5, 0.6) is 0 Å². The summed E-state index contributed by atoms with van der Waals surface area (Å²) in [6.07, 6.45) is 3.74. The normalized spacial score (nSPS) is 10.3. The van der Waals surface area contributed by atoms with Crippen LogP contribution >= 0.6 is 0 Å². The number of nitroso groups, excluding NO2 is 1. The van der Waals surface area contributed by atoms with Crippen LogP contribution in [-0.2, 0) is 0 Å². The highest BCUT2D eigenvalue weighted by molar-refractivity contribution is 5.63. The quantitative estimate of drug-likeness (QED) is 0.663. The SMILES string of the molecule is CN(C)C=Cc1ccccc1N=O. The van der Waals surface area contributed by atoms with E-state index in [2.05, 4.69) is 5.18 Å². The van der Waals surface area contributed by atoms with Gasteiger partial charge in [0, 0.05) is 19.7 Å². The van der Waals surface area contributed by atoms with Crippen molar-refractivity contribution < 1.29 is 0 Å². The van der Waals surface area contributed by atoms with Crippen LogP contribution < -0.4 is 0 Å². The zero-order valence-electron chi connectivity index (χ0n) is 7.77. The van der Waals surface area contributed by atoms with Gasteiger partial charge in [0.25, 0.3) is 0 Å². The fourth-order valence-electron chi connectivity index (χ4n) is 0.941. The smallest absolute Gasteiger partial charge is 0.115 e. The molecule has 0 unspecified atom stereocenters. The van der Waals surface area contributed by atoms with Crippen molar-refractivity contribution in [2.75, 3.05) is 14.1 Å². The Morgan fingerprint density at radius 2 is 2.00 bits per heavy atom. The van der Waals surface area contributed by atoms with Crippen LogP contribution in [0.3, 0.4) is 0 Å². The Morgan fingerprint density at radius 3 is 2.62 bits per heavy atom. The molecule has 0 heterocycles. The van der Waals surface area contributed by atoms with Gasteiger partial charge in [-0.05, 0) is 23.5 Å². The van der Waals surface area contributed by atoms with E-state index in [9.17, 15) is 4.91 Å². The maximum Gasteiger partial charge on any atom is 0.115 e. The Labute approximate surface area is 77.7 Å². The Hall–Kier alpha value is -1.64. The highest BCUT2D eigenvalue weighted by Crippen LogP contribution is 2.19. The Bertz CT molecular complexity index is 318. The van der Waals surface area contributed by atoms with E-state index < -0.39 is 0 Å². The zero-order valence-corrected chi connectivity index (χ0v) is 7.77. The first-order valence-corrected chi connectivity index (χ1v) is 4.01. The molecule has 68 valence electrons. The maximum atomic E-state index is 10.4. The summed E-state index contributed by atoms with van der Waals surface area (Å²) in [5.41, 5.74) is 1.31. The summed E-state index contributed by atoms with van der Waals surface area (Å²) in [7, 11) is 3.85. The summed E-state index contributed by atoms with van der Waals surface area (Å²) in [6, 6.07) is 7.23. The molecule has 0 fully saturated rings. The fourth-order valence-corrected chi connectivity index (χ4v) is 0.941. The van der Waals surface area contributed by atoms with E-state index >= 15 is 0 Å². The van der Waals surface area contributed by atoms with Crippen LogP contribution in [0.2, 0.25) is 0 Å². The van der Waals surface area contributed by atoms with Crippen molar-refractivity contribution >= 4 is 11.8 Å². The first kappa shape index (κ1) is 9.45. The first-order chi connectivity index (χ1) is 6.24. The van der Waals surface area contributed by atoms with E-state index in [4.69, 9.17) is 0 Å². The van der Waals surface area contributed by atoms with Gasteiger partial charge < -0.3 is 4.90 Å². The van der Waals surface area contributed by atoms with Crippen LogP contribution in [0.15, 0.2) is 35.6 Å². The molecule has 0 aliphatic heterocycles. The van der Waals surface area contributed by atoms with Gasteiger partial charge in [0.05, 0.1) is 0 Å². The minimum absolute atomic E-state index is 0.473. The molecule has 0 atom stereocenters. The van der Waals surface area contributed by atoms with Gasteiger partial charge in [0.2, 0.25) is 0 Å². The van der Waals surface area contributed by atoms with E-state index in [1.165, 1.54) is 0 Å². The molecular formula is C10H12N2O. The molecule has 0 saturated heterocycles. The van der Waals surface area contributed by atoms with Crippen molar-refractivity contribution in [3.05, 3.63) is 40.9 Å². The molecule has 0 spiro atoms. The van der Waals surface area contributed by atoms with Gasteiger partial charge in [-0.25, -0.2) is 0 Å². The second-order valence-electron chi connectivity index (χ2n) is 2.93. The summed E-state index contributed by atoms with van der Waals surface area (Å²) in [5, 5.41) is 2.93. The van der Waals surface area contributed by atoms with E-state index in [0.29, 0.717) is 5.69 Å². The van der Waals surface area contributed by atoms with Gasteiger partial charge in [-0.1, -0.05) is 18.2 Å². The van der Waals surface area contributed by atoms with Crippen molar-refractivity contribution in [1.29, 1.82) is 0 Å².